The number of phenols is 1. The fourth-order valence-electron chi connectivity index (χ4n) is 2.94. The van der Waals surface area contributed by atoms with Gasteiger partial charge in [0, 0.05) is 18.1 Å². The molecule has 0 saturated carbocycles. The van der Waals surface area contributed by atoms with Gasteiger partial charge in [0.1, 0.15) is 5.75 Å². The number of carbonyl (C=O) groups excluding carboxylic acids is 1. The minimum absolute atomic E-state index is 0.260. The number of anilines is 1. The molecule has 1 heterocycles. The van der Waals surface area contributed by atoms with Crippen LogP contribution < -0.4 is 5.32 Å². The lowest BCUT2D eigenvalue weighted by molar-refractivity contribution is -0.147. The van der Waals surface area contributed by atoms with Gasteiger partial charge in [0.2, 0.25) is 0 Å². The number of nitrogens with zero attached hydrogens (tertiary/aromatic N) is 1. The molecule has 0 aliphatic carbocycles. The Kier molecular flexibility index (Phi) is 4.19. The van der Waals surface area contributed by atoms with E-state index in [2.05, 4.69) is 5.32 Å². The van der Waals surface area contributed by atoms with Crippen LogP contribution in [0.4, 0.5) is 5.69 Å². The smallest absolute Gasteiger partial charge is 0.394 e. The van der Waals surface area contributed by atoms with E-state index in [1.165, 1.54) is 0 Å². The molecule has 0 atom stereocenters. The molecule has 0 fully saturated rings. The summed E-state index contributed by atoms with van der Waals surface area (Å²) in [6.45, 7) is 4.41. The molecular weight excluding hydrogens is 320 g/mol. The number of hydrogen-bond acceptors (Lipinski definition) is 3. The fraction of sp³-hybridized carbons (Fsp3) is 0.158. The number of carboxylic acids is 1. The van der Waals surface area contributed by atoms with Crippen LogP contribution in [0.2, 0.25) is 0 Å². The number of carbonyl (C=O) groups is 2. The predicted octanol–water partition coefficient (Wildman–Crippen LogP) is 3.04. The molecule has 0 saturated heterocycles. The third kappa shape index (κ3) is 3.19. The summed E-state index contributed by atoms with van der Waals surface area (Å²) in [6, 6.07) is 10.9. The molecule has 0 aliphatic heterocycles. The van der Waals surface area contributed by atoms with Crippen molar-refractivity contribution in [3.05, 3.63) is 59.3 Å². The summed E-state index contributed by atoms with van der Waals surface area (Å²) in [5.74, 6) is -2.32. The van der Waals surface area contributed by atoms with Crippen LogP contribution in [0.25, 0.3) is 10.9 Å². The minimum atomic E-state index is -1.52. The summed E-state index contributed by atoms with van der Waals surface area (Å²) in [4.78, 5) is 22.2. The Morgan fingerprint density at radius 3 is 2.52 bits per heavy atom. The van der Waals surface area contributed by atoms with Gasteiger partial charge in [-0.05, 0) is 48.7 Å². The molecule has 0 spiro atoms. The Morgan fingerprint density at radius 1 is 1.08 bits per heavy atom. The van der Waals surface area contributed by atoms with E-state index in [1.807, 2.05) is 48.9 Å². The molecule has 128 valence electrons. The molecule has 0 unspecified atom stereocenters. The number of carboxylic acid groups (broad SMARTS) is 1. The SMILES string of the molecule is Cc1cc(Cn2ccc3c(NC(=O)C(=O)O)ccc(C)c32)ccc1O. The maximum absolute atomic E-state index is 11.5. The van der Waals surface area contributed by atoms with Crippen LogP contribution in [0.5, 0.6) is 5.75 Å². The van der Waals surface area contributed by atoms with Crippen molar-refractivity contribution in [3.63, 3.8) is 0 Å². The van der Waals surface area contributed by atoms with Gasteiger partial charge in [-0.1, -0.05) is 18.2 Å². The Bertz CT molecular complexity index is 988. The molecule has 3 aromatic rings. The second-order valence-corrected chi connectivity index (χ2v) is 6.02. The lowest BCUT2D eigenvalue weighted by Gasteiger charge is -2.11. The van der Waals surface area contributed by atoms with Crippen molar-refractivity contribution >= 4 is 28.5 Å². The van der Waals surface area contributed by atoms with Crippen molar-refractivity contribution in [2.75, 3.05) is 5.32 Å². The van der Waals surface area contributed by atoms with Crippen molar-refractivity contribution in [1.82, 2.24) is 4.57 Å². The Hall–Kier alpha value is -3.28. The van der Waals surface area contributed by atoms with Crippen molar-refractivity contribution in [3.8, 4) is 5.75 Å². The summed E-state index contributed by atoms with van der Waals surface area (Å²) in [6.07, 6.45) is 1.90. The largest absolute Gasteiger partial charge is 0.508 e. The molecule has 0 bridgehead atoms. The molecule has 2 aromatic carbocycles. The van der Waals surface area contributed by atoms with E-state index in [0.717, 1.165) is 27.6 Å². The number of phenolic OH excluding ortho intramolecular Hbond substituents is 1. The van der Waals surface area contributed by atoms with E-state index in [-0.39, 0.29) is 5.75 Å². The van der Waals surface area contributed by atoms with Crippen LogP contribution in [-0.4, -0.2) is 26.7 Å². The van der Waals surface area contributed by atoms with Crippen molar-refractivity contribution < 1.29 is 19.8 Å². The van der Waals surface area contributed by atoms with E-state index in [9.17, 15) is 14.7 Å². The number of aromatic nitrogens is 1. The third-order valence-corrected chi connectivity index (χ3v) is 4.18. The highest BCUT2D eigenvalue weighted by Gasteiger charge is 2.15. The van der Waals surface area contributed by atoms with E-state index in [0.29, 0.717) is 12.2 Å². The van der Waals surface area contributed by atoms with Gasteiger partial charge in [-0.2, -0.15) is 0 Å². The number of nitrogens with one attached hydrogen (secondary N) is 1. The fourth-order valence-corrected chi connectivity index (χ4v) is 2.94. The molecule has 6 nitrogen and oxygen atoms in total. The summed E-state index contributed by atoms with van der Waals surface area (Å²) < 4.78 is 2.03. The zero-order valence-corrected chi connectivity index (χ0v) is 13.9. The first-order chi connectivity index (χ1) is 11.9. The number of benzene rings is 2. The number of fused-ring (bicyclic) bond motifs is 1. The molecule has 1 aromatic heterocycles. The first-order valence-corrected chi connectivity index (χ1v) is 7.78. The van der Waals surface area contributed by atoms with Gasteiger partial charge in [-0.3, -0.25) is 4.79 Å². The molecule has 25 heavy (non-hydrogen) atoms. The first-order valence-electron chi connectivity index (χ1n) is 7.78. The van der Waals surface area contributed by atoms with Crippen LogP contribution in [0.1, 0.15) is 16.7 Å². The van der Waals surface area contributed by atoms with Crippen LogP contribution in [-0.2, 0) is 16.1 Å². The first kappa shape index (κ1) is 16.6. The topological polar surface area (TPSA) is 91.6 Å². The van der Waals surface area contributed by atoms with Gasteiger partial charge in [0.05, 0.1) is 11.2 Å². The Labute approximate surface area is 144 Å². The van der Waals surface area contributed by atoms with Crippen molar-refractivity contribution in [2.24, 2.45) is 0 Å². The van der Waals surface area contributed by atoms with E-state index in [4.69, 9.17) is 5.11 Å². The molecule has 0 radical (unpaired) electrons. The van der Waals surface area contributed by atoms with Gasteiger partial charge in [-0.25, -0.2) is 4.79 Å². The van der Waals surface area contributed by atoms with Crippen LogP contribution >= 0.6 is 0 Å². The number of aromatic hydroxyl groups is 1. The average molecular weight is 338 g/mol. The molecule has 0 aliphatic rings. The number of aliphatic carboxylic acids is 1. The maximum atomic E-state index is 11.5. The standard InChI is InChI=1S/C19H18N2O4/c1-11-3-5-15(20-18(23)19(24)25)14-7-8-21(17(11)14)10-13-4-6-16(22)12(2)9-13/h3-9,22H,10H2,1-2H3,(H,20,23)(H,24,25). The number of aryl methyl sites for hydroxylation is 2. The highest BCUT2D eigenvalue weighted by atomic mass is 16.4. The molecule has 6 heteroatoms. The second-order valence-electron chi connectivity index (χ2n) is 6.02. The predicted molar refractivity (Wildman–Crippen MR) is 94.9 cm³/mol. The van der Waals surface area contributed by atoms with E-state index in [1.54, 1.807) is 12.1 Å². The lowest BCUT2D eigenvalue weighted by Crippen LogP contribution is -2.21. The normalized spacial score (nSPS) is 10.8. The van der Waals surface area contributed by atoms with Gasteiger partial charge in [0.15, 0.2) is 0 Å². The monoisotopic (exact) mass is 338 g/mol. The van der Waals surface area contributed by atoms with Gasteiger partial charge in [0.25, 0.3) is 0 Å². The number of rotatable bonds is 3. The highest BCUT2D eigenvalue weighted by molar-refractivity contribution is 6.37. The number of amides is 1. The van der Waals surface area contributed by atoms with Crippen LogP contribution in [0.3, 0.4) is 0 Å². The summed E-state index contributed by atoms with van der Waals surface area (Å²) in [5, 5.41) is 21.6. The van der Waals surface area contributed by atoms with Crippen molar-refractivity contribution in [2.45, 2.75) is 20.4 Å². The Balaban J connectivity index is 2.01. The Morgan fingerprint density at radius 2 is 1.84 bits per heavy atom. The molecular formula is C19H18N2O4. The maximum Gasteiger partial charge on any atom is 0.394 e. The van der Waals surface area contributed by atoms with Gasteiger partial charge >= 0.3 is 11.9 Å². The van der Waals surface area contributed by atoms with Gasteiger partial charge < -0.3 is 20.1 Å². The second kappa shape index (κ2) is 6.32. The average Bonchev–Trinajstić information content (AvgIpc) is 2.98. The van der Waals surface area contributed by atoms with Crippen LogP contribution in [0.15, 0.2) is 42.6 Å². The zero-order chi connectivity index (χ0) is 18.1. The molecule has 3 N–H and O–H groups in total. The third-order valence-electron chi connectivity index (χ3n) is 4.18. The van der Waals surface area contributed by atoms with Crippen molar-refractivity contribution in [1.29, 1.82) is 0 Å². The van der Waals surface area contributed by atoms with E-state index < -0.39 is 11.9 Å². The molecule has 1 amide bonds. The quantitative estimate of drug-likeness (QED) is 0.640. The summed E-state index contributed by atoms with van der Waals surface area (Å²) >= 11 is 0. The summed E-state index contributed by atoms with van der Waals surface area (Å²) in [7, 11) is 0. The summed E-state index contributed by atoms with van der Waals surface area (Å²) in [5.41, 5.74) is 4.25. The van der Waals surface area contributed by atoms with Crippen LogP contribution in [0, 0.1) is 13.8 Å². The minimum Gasteiger partial charge on any atom is -0.508 e. The van der Waals surface area contributed by atoms with Gasteiger partial charge in [-0.15, -0.1) is 0 Å². The van der Waals surface area contributed by atoms with E-state index >= 15 is 0 Å². The molecule has 3 rings (SSSR count). The lowest BCUT2D eigenvalue weighted by atomic mass is 10.1. The number of hydrogen-bond donors (Lipinski definition) is 3. The zero-order valence-electron chi connectivity index (χ0n) is 13.9. The highest BCUT2D eigenvalue weighted by Crippen LogP contribution is 2.29.